The molecule has 0 aliphatic heterocycles. The van der Waals surface area contributed by atoms with Gasteiger partial charge < -0.3 is 32.5 Å². The van der Waals surface area contributed by atoms with Crippen LogP contribution in [0.25, 0.3) is 22.2 Å². The van der Waals surface area contributed by atoms with Gasteiger partial charge >= 0.3 is 0 Å². The van der Waals surface area contributed by atoms with Crippen LogP contribution in [0.15, 0.2) is 58.5 Å². The Balaban J connectivity index is 0.00000345. The summed E-state index contributed by atoms with van der Waals surface area (Å²) in [6.45, 7) is 19.4. The highest BCUT2D eigenvalue weighted by atomic mass is 19.1. The Bertz CT molecular complexity index is 1780. The van der Waals surface area contributed by atoms with Crippen molar-refractivity contribution in [1.29, 1.82) is 5.41 Å². The Morgan fingerprint density at radius 2 is 1.78 bits per heavy atom. The second kappa shape index (κ2) is 16.4. The maximum Gasteiger partial charge on any atom is 0.269 e. The fraction of sp³-hybridized carbons (Fsp3) is 0.361. The molecule has 0 saturated heterocycles. The van der Waals surface area contributed by atoms with Crippen LogP contribution in [-0.4, -0.2) is 29.0 Å². The molecular formula is C36H50FN7O. The molecule has 1 amide bonds. The summed E-state index contributed by atoms with van der Waals surface area (Å²) in [5, 5.41) is 16.5. The summed E-state index contributed by atoms with van der Waals surface area (Å²) in [6.07, 6.45) is 3.37. The van der Waals surface area contributed by atoms with Crippen LogP contribution >= 0.6 is 0 Å². The number of allylic oxidation sites excluding steroid dienone is 3. The number of hydrogen-bond acceptors (Lipinski definition) is 6. The lowest BCUT2D eigenvalue weighted by Crippen LogP contribution is -2.36. The van der Waals surface area contributed by atoms with Crippen molar-refractivity contribution < 1.29 is 9.18 Å². The summed E-state index contributed by atoms with van der Waals surface area (Å²) in [6, 6.07) is 9.30. The monoisotopic (exact) mass is 615 g/mol. The number of H-pyrrole nitrogens is 1. The van der Waals surface area contributed by atoms with Crippen LogP contribution in [0.1, 0.15) is 91.8 Å². The maximum absolute atomic E-state index is 15.1. The SMILES string of the molecule is C/C=C(/F)C(N/C(C)=C(\C)CC)Nc1cc(C)ccc1C(C)=N/C(C(N)=O)=c1/[nH]c2ccc(N)c(C=N)c2/c1=C(/C)CC.CC. The molecule has 1 unspecified atom stereocenters. The van der Waals surface area contributed by atoms with Gasteiger partial charge in [0.1, 0.15) is 12.0 Å². The highest BCUT2D eigenvalue weighted by molar-refractivity contribution is 6.17. The van der Waals surface area contributed by atoms with Crippen molar-refractivity contribution in [2.45, 2.75) is 88.2 Å². The molecule has 9 heteroatoms. The van der Waals surface area contributed by atoms with E-state index >= 15 is 4.39 Å². The third-order valence-electron chi connectivity index (χ3n) is 7.84. The van der Waals surface area contributed by atoms with Crippen molar-refractivity contribution in [1.82, 2.24) is 10.3 Å². The molecule has 1 heterocycles. The van der Waals surface area contributed by atoms with Crippen LogP contribution in [0, 0.1) is 12.3 Å². The molecular weight excluding hydrogens is 565 g/mol. The number of carbonyl (C=O) groups is 1. The molecule has 0 aliphatic rings. The van der Waals surface area contributed by atoms with E-state index < -0.39 is 12.1 Å². The highest BCUT2D eigenvalue weighted by Gasteiger charge is 2.19. The summed E-state index contributed by atoms with van der Waals surface area (Å²) >= 11 is 0. The lowest BCUT2D eigenvalue weighted by atomic mass is 10.0. The highest BCUT2D eigenvalue weighted by Crippen LogP contribution is 2.23. The minimum atomic E-state index is -0.813. The van der Waals surface area contributed by atoms with Crippen LogP contribution in [0.3, 0.4) is 0 Å². The van der Waals surface area contributed by atoms with Crippen LogP contribution in [0.5, 0.6) is 0 Å². The lowest BCUT2D eigenvalue weighted by molar-refractivity contribution is -0.113. The minimum absolute atomic E-state index is 0.0455. The van der Waals surface area contributed by atoms with Gasteiger partial charge in [0.05, 0.1) is 5.35 Å². The first kappa shape index (κ1) is 36.5. The smallest absolute Gasteiger partial charge is 0.269 e. The molecule has 0 bridgehead atoms. The predicted octanol–water partition coefficient (Wildman–Crippen LogP) is 6.67. The number of nitrogen functional groups attached to an aromatic ring is 1. The van der Waals surface area contributed by atoms with Crippen LogP contribution < -0.4 is 32.7 Å². The van der Waals surface area contributed by atoms with Gasteiger partial charge in [0.15, 0.2) is 5.70 Å². The standard InChI is InChI=1S/C34H44FN7O.C2H6/c1-9-19(5)21(7)40-34(25(35)11-3)42-28-16-18(4)12-13-23(28)22(8)39-32(33(38)43)31-29(20(6)10-2)30-24(17-36)26(37)14-15-27(30)41-31;1-2/h11-17,34,36,40-42H,9-10,37H2,1-8H3,(H2,38,43);1-2H3/b21-19+,25-11+,29-20+,32-31+,36-17?,39-22?;. The first-order valence-corrected chi connectivity index (χ1v) is 15.5. The summed E-state index contributed by atoms with van der Waals surface area (Å²) in [5.74, 6) is -1.07. The van der Waals surface area contributed by atoms with Gasteiger partial charge in [-0.15, -0.1) is 0 Å². The van der Waals surface area contributed by atoms with Crippen molar-refractivity contribution in [3.63, 3.8) is 0 Å². The van der Waals surface area contributed by atoms with Gasteiger partial charge in [-0.25, -0.2) is 9.38 Å². The van der Waals surface area contributed by atoms with Crippen molar-refractivity contribution in [2.75, 3.05) is 11.1 Å². The summed E-state index contributed by atoms with van der Waals surface area (Å²) in [5.41, 5.74) is 19.8. The molecule has 8 N–H and O–H groups in total. The van der Waals surface area contributed by atoms with E-state index in [4.69, 9.17) is 21.9 Å². The van der Waals surface area contributed by atoms with Crippen LogP contribution in [-0.2, 0) is 4.79 Å². The number of aryl methyl sites for hydroxylation is 1. The van der Waals surface area contributed by atoms with Gasteiger partial charge in [0, 0.05) is 56.2 Å². The Morgan fingerprint density at radius 1 is 1.11 bits per heavy atom. The Labute approximate surface area is 266 Å². The fourth-order valence-electron chi connectivity index (χ4n) is 4.92. The average Bonchev–Trinajstić information content (AvgIpc) is 3.41. The van der Waals surface area contributed by atoms with E-state index in [9.17, 15) is 4.79 Å². The van der Waals surface area contributed by atoms with E-state index in [1.807, 2.05) is 72.7 Å². The van der Waals surface area contributed by atoms with E-state index in [-0.39, 0.29) is 11.5 Å². The number of halogens is 1. The molecule has 3 rings (SSSR count). The maximum atomic E-state index is 15.1. The molecule has 1 atom stereocenters. The molecule has 0 radical (unpaired) electrons. The molecule has 0 spiro atoms. The third kappa shape index (κ3) is 8.29. The molecule has 0 saturated carbocycles. The van der Waals surface area contributed by atoms with Gasteiger partial charge in [0.2, 0.25) is 0 Å². The second-order valence-corrected chi connectivity index (χ2v) is 10.8. The molecule has 0 aliphatic carbocycles. The van der Waals surface area contributed by atoms with Gasteiger partial charge in [-0.2, -0.15) is 0 Å². The van der Waals surface area contributed by atoms with Gasteiger partial charge in [-0.05, 0) is 78.1 Å². The number of nitrogens with one attached hydrogen (secondary N) is 4. The number of aromatic nitrogens is 1. The molecule has 1 aromatic heterocycles. The number of primary amides is 1. The summed E-state index contributed by atoms with van der Waals surface area (Å²) < 4.78 is 15.1. The van der Waals surface area contributed by atoms with E-state index in [1.54, 1.807) is 19.9 Å². The topological polar surface area (TPSA) is 145 Å². The number of fused-ring (bicyclic) bond motifs is 1. The first-order chi connectivity index (χ1) is 21.4. The van der Waals surface area contributed by atoms with Crippen molar-refractivity contribution >= 4 is 51.4 Å². The molecule has 0 fully saturated rings. The number of aliphatic imine (C=N–C) groups is 1. The number of nitrogens with two attached hydrogens (primary N) is 2. The van der Waals surface area contributed by atoms with E-state index in [0.717, 1.165) is 44.9 Å². The number of benzene rings is 2. The van der Waals surface area contributed by atoms with Crippen LogP contribution in [0.4, 0.5) is 15.8 Å². The zero-order valence-corrected chi connectivity index (χ0v) is 28.4. The van der Waals surface area contributed by atoms with Gasteiger partial charge in [-0.3, -0.25) is 4.79 Å². The number of amides is 1. The summed E-state index contributed by atoms with van der Waals surface area (Å²) in [7, 11) is 0. The van der Waals surface area contributed by atoms with E-state index in [0.29, 0.717) is 40.0 Å². The number of aromatic amines is 1. The second-order valence-electron chi connectivity index (χ2n) is 10.8. The van der Waals surface area contributed by atoms with Crippen molar-refractivity contribution in [2.24, 2.45) is 10.7 Å². The van der Waals surface area contributed by atoms with Crippen molar-refractivity contribution in [3.05, 3.63) is 80.8 Å². The quantitative estimate of drug-likeness (QED) is 0.0813. The Kier molecular flexibility index (Phi) is 13.3. The van der Waals surface area contributed by atoms with Gasteiger partial charge in [0.25, 0.3) is 5.91 Å². The minimum Gasteiger partial charge on any atom is -0.398 e. The number of hydrogen-bond donors (Lipinski definition) is 6. The normalized spacial score (nSPS) is 14.6. The predicted molar refractivity (Wildman–Crippen MR) is 191 cm³/mol. The molecule has 3 aromatic rings. The Hall–Kier alpha value is -4.66. The van der Waals surface area contributed by atoms with Crippen LogP contribution in [0.2, 0.25) is 0 Å². The number of nitrogens with zero attached hydrogens (tertiary/aromatic N) is 1. The molecule has 2 aromatic carbocycles. The van der Waals surface area contributed by atoms with Gasteiger partial charge in [-0.1, -0.05) is 57.0 Å². The number of rotatable bonds is 11. The fourth-order valence-corrected chi connectivity index (χ4v) is 4.92. The molecule has 8 nitrogen and oxygen atoms in total. The number of carbonyl (C=O) groups excluding carboxylic acids is 1. The lowest BCUT2D eigenvalue weighted by Gasteiger charge is -2.24. The molecule has 242 valence electrons. The largest absolute Gasteiger partial charge is 0.398 e. The Morgan fingerprint density at radius 3 is 2.33 bits per heavy atom. The van der Waals surface area contributed by atoms with E-state index in [2.05, 4.69) is 22.5 Å². The zero-order valence-electron chi connectivity index (χ0n) is 28.4. The zero-order chi connectivity index (χ0) is 34.0. The average molecular weight is 616 g/mol. The summed E-state index contributed by atoms with van der Waals surface area (Å²) in [4.78, 5) is 21.1. The first-order valence-electron chi connectivity index (χ1n) is 15.5. The number of anilines is 2. The van der Waals surface area contributed by atoms with Crippen molar-refractivity contribution in [3.8, 4) is 0 Å². The van der Waals surface area contributed by atoms with E-state index in [1.165, 1.54) is 12.3 Å². The molecule has 45 heavy (non-hydrogen) atoms. The third-order valence-corrected chi connectivity index (χ3v) is 7.84.